The molecule has 0 aliphatic carbocycles. The van der Waals surface area contributed by atoms with Crippen LogP contribution in [-0.2, 0) is 10.0 Å². The van der Waals surface area contributed by atoms with Gasteiger partial charge < -0.3 is 4.90 Å². The van der Waals surface area contributed by atoms with Crippen molar-refractivity contribution >= 4 is 27.3 Å². The molecule has 1 spiro atoms. The first kappa shape index (κ1) is 16.8. The minimum absolute atomic E-state index is 0.0293. The third-order valence-electron chi connectivity index (χ3n) is 5.29. The highest BCUT2D eigenvalue weighted by Gasteiger charge is 2.46. The quantitative estimate of drug-likeness (QED) is 0.825. The molecule has 0 bridgehead atoms. The number of pyridine rings is 1. The van der Waals surface area contributed by atoms with Crippen molar-refractivity contribution in [3.63, 3.8) is 0 Å². The standard InChI is InChI=1S/C18H20ClN3O2S/c19-15-3-1-5-17(11-15)25(23,24)22-10-7-18(14-22)6-9-21(13-18)16-4-2-8-20-12-16/h1-5,8,11-12H,6-7,9-10,13-14H2. The van der Waals surface area contributed by atoms with Crippen molar-refractivity contribution in [1.82, 2.24) is 9.29 Å². The van der Waals surface area contributed by atoms with Crippen LogP contribution in [0.5, 0.6) is 0 Å². The molecule has 1 aromatic heterocycles. The lowest BCUT2D eigenvalue weighted by atomic mass is 9.86. The Kier molecular flexibility index (Phi) is 4.22. The van der Waals surface area contributed by atoms with E-state index in [-0.39, 0.29) is 10.3 Å². The maximum absolute atomic E-state index is 12.9. The van der Waals surface area contributed by atoms with Gasteiger partial charge in [-0.05, 0) is 43.2 Å². The Hall–Kier alpha value is -1.63. The third kappa shape index (κ3) is 3.14. The zero-order valence-electron chi connectivity index (χ0n) is 13.8. The topological polar surface area (TPSA) is 53.5 Å². The molecule has 0 saturated carbocycles. The number of sulfonamides is 1. The molecule has 7 heteroatoms. The molecule has 2 aromatic rings. The summed E-state index contributed by atoms with van der Waals surface area (Å²) in [7, 11) is -3.49. The molecule has 2 aliphatic heterocycles. The van der Waals surface area contributed by atoms with E-state index < -0.39 is 10.0 Å². The zero-order chi connectivity index (χ0) is 17.5. The summed E-state index contributed by atoms with van der Waals surface area (Å²) >= 11 is 5.97. The molecular formula is C18H20ClN3O2S. The lowest BCUT2D eigenvalue weighted by Crippen LogP contribution is -2.34. The Morgan fingerprint density at radius 1 is 1.08 bits per heavy atom. The maximum Gasteiger partial charge on any atom is 0.243 e. The lowest BCUT2D eigenvalue weighted by Gasteiger charge is -2.25. The highest BCUT2D eigenvalue weighted by Crippen LogP contribution is 2.42. The monoisotopic (exact) mass is 377 g/mol. The van der Waals surface area contributed by atoms with Crippen molar-refractivity contribution in [1.29, 1.82) is 0 Å². The lowest BCUT2D eigenvalue weighted by molar-refractivity contribution is 0.341. The van der Waals surface area contributed by atoms with E-state index in [1.54, 1.807) is 28.7 Å². The van der Waals surface area contributed by atoms with Crippen molar-refractivity contribution in [3.8, 4) is 0 Å². The average Bonchev–Trinajstić information content (AvgIpc) is 3.24. The number of halogens is 1. The highest BCUT2D eigenvalue weighted by atomic mass is 35.5. The minimum atomic E-state index is -3.49. The SMILES string of the molecule is O=S(=O)(c1cccc(Cl)c1)N1CCC2(CCN(c3cccnc3)C2)C1. The summed E-state index contributed by atoms with van der Waals surface area (Å²) in [5, 5.41) is 0.443. The van der Waals surface area contributed by atoms with Gasteiger partial charge in [0.1, 0.15) is 0 Å². The average molecular weight is 378 g/mol. The molecular weight excluding hydrogens is 358 g/mol. The number of nitrogens with zero attached hydrogens (tertiary/aromatic N) is 3. The van der Waals surface area contributed by atoms with Crippen LogP contribution in [0.1, 0.15) is 12.8 Å². The molecule has 132 valence electrons. The fraction of sp³-hybridized carbons (Fsp3) is 0.389. The van der Waals surface area contributed by atoms with E-state index in [1.807, 2.05) is 12.3 Å². The summed E-state index contributed by atoms with van der Waals surface area (Å²) < 4.78 is 27.5. The Bertz CT molecular complexity index is 875. The summed E-state index contributed by atoms with van der Waals surface area (Å²) in [5.41, 5.74) is 1.14. The van der Waals surface area contributed by atoms with Gasteiger partial charge in [0, 0.05) is 42.8 Å². The van der Waals surface area contributed by atoms with Crippen molar-refractivity contribution in [2.75, 3.05) is 31.1 Å². The van der Waals surface area contributed by atoms with Crippen molar-refractivity contribution < 1.29 is 8.42 Å². The van der Waals surface area contributed by atoms with Crippen molar-refractivity contribution in [3.05, 3.63) is 53.8 Å². The Morgan fingerprint density at radius 2 is 1.92 bits per heavy atom. The Balaban J connectivity index is 1.52. The van der Waals surface area contributed by atoms with E-state index in [0.717, 1.165) is 31.6 Å². The summed E-state index contributed by atoms with van der Waals surface area (Å²) in [6, 6.07) is 10.5. The summed E-state index contributed by atoms with van der Waals surface area (Å²) in [6.07, 6.45) is 5.53. The number of aromatic nitrogens is 1. The molecule has 3 heterocycles. The molecule has 0 amide bonds. The second kappa shape index (κ2) is 6.27. The van der Waals surface area contributed by atoms with E-state index in [0.29, 0.717) is 18.1 Å². The molecule has 2 aliphatic rings. The number of hydrogen-bond acceptors (Lipinski definition) is 4. The van der Waals surface area contributed by atoms with E-state index in [9.17, 15) is 8.42 Å². The number of benzene rings is 1. The number of anilines is 1. The van der Waals surface area contributed by atoms with Crippen LogP contribution >= 0.6 is 11.6 Å². The predicted octanol–water partition coefficient (Wildman–Crippen LogP) is 3.03. The number of rotatable bonds is 3. The second-order valence-electron chi connectivity index (χ2n) is 6.93. The van der Waals surface area contributed by atoms with E-state index >= 15 is 0 Å². The first-order chi connectivity index (χ1) is 12.0. The van der Waals surface area contributed by atoms with Gasteiger partial charge in [-0.15, -0.1) is 0 Å². The molecule has 0 N–H and O–H groups in total. The van der Waals surface area contributed by atoms with Gasteiger partial charge in [-0.3, -0.25) is 4.98 Å². The van der Waals surface area contributed by atoms with Gasteiger partial charge in [0.05, 0.1) is 16.8 Å². The molecule has 1 atom stereocenters. The molecule has 2 saturated heterocycles. The van der Waals surface area contributed by atoms with E-state index in [1.165, 1.54) is 6.07 Å². The molecule has 4 rings (SSSR count). The molecule has 25 heavy (non-hydrogen) atoms. The fourth-order valence-electron chi connectivity index (χ4n) is 3.91. The Labute approximate surface area is 153 Å². The van der Waals surface area contributed by atoms with Crippen LogP contribution in [0.4, 0.5) is 5.69 Å². The summed E-state index contributed by atoms with van der Waals surface area (Å²) in [6.45, 7) is 2.95. The summed E-state index contributed by atoms with van der Waals surface area (Å²) in [4.78, 5) is 6.77. The van der Waals surface area contributed by atoms with Crippen LogP contribution in [0.2, 0.25) is 5.02 Å². The minimum Gasteiger partial charge on any atom is -0.370 e. The van der Waals surface area contributed by atoms with Crippen LogP contribution in [-0.4, -0.2) is 43.9 Å². The second-order valence-corrected chi connectivity index (χ2v) is 9.30. The third-order valence-corrected chi connectivity index (χ3v) is 7.36. The zero-order valence-corrected chi connectivity index (χ0v) is 15.4. The van der Waals surface area contributed by atoms with Crippen LogP contribution < -0.4 is 4.90 Å². The van der Waals surface area contributed by atoms with Gasteiger partial charge in [-0.1, -0.05) is 17.7 Å². The molecule has 5 nitrogen and oxygen atoms in total. The van der Waals surface area contributed by atoms with Gasteiger partial charge in [0.15, 0.2) is 0 Å². The fourth-order valence-corrected chi connectivity index (χ4v) is 5.76. The van der Waals surface area contributed by atoms with Gasteiger partial charge in [0.2, 0.25) is 10.0 Å². The smallest absolute Gasteiger partial charge is 0.243 e. The van der Waals surface area contributed by atoms with Gasteiger partial charge in [0.25, 0.3) is 0 Å². The first-order valence-corrected chi connectivity index (χ1v) is 10.2. The molecule has 0 radical (unpaired) electrons. The van der Waals surface area contributed by atoms with E-state index in [2.05, 4.69) is 16.0 Å². The molecule has 2 fully saturated rings. The largest absolute Gasteiger partial charge is 0.370 e. The van der Waals surface area contributed by atoms with Crippen LogP contribution in [0.15, 0.2) is 53.7 Å². The van der Waals surface area contributed by atoms with Crippen LogP contribution in [0.25, 0.3) is 0 Å². The summed E-state index contributed by atoms with van der Waals surface area (Å²) in [5.74, 6) is 0. The molecule has 1 unspecified atom stereocenters. The maximum atomic E-state index is 12.9. The van der Waals surface area contributed by atoms with Gasteiger partial charge in [-0.25, -0.2) is 8.42 Å². The van der Waals surface area contributed by atoms with Gasteiger partial charge in [-0.2, -0.15) is 4.31 Å². The van der Waals surface area contributed by atoms with Crippen LogP contribution in [0, 0.1) is 5.41 Å². The Morgan fingerprint density at radius 3 is 2.68 bits per heavy atom. The first-order valence-electron chi connectivity index (χ1n) is 8.39. The van der Waals surface area contributed by atoms with Gasteiger partial charge >= 0.3 is 0 Å². The van der Waals surface area contributed by atoms with Crippen molar-refractivity contribution in [2.45, 2.75) is 17.7 Å². The highest BCUT2D eigenvalue weighted by molar-refractivity contribution is 7.89. The van der Waals surface area contributed by atoms with E-state index in [4.69, 9.17) is 11.6 Å². The molecule has 1 aromatic carbocycles. The number of hydrogen-bond donors (Lipinski definition) is 0. The van der Waals surface area contributed by atoms with Crippen molar-refractivity contribution in [2.24, 2.45) is 5.41 Å². The predicted molar refractivity (Wildman–Crippen MR) is 98.3 cm³/mol. The normalized spacial score (nSPS) is 24.3. The van der Waals surface area contributed by atoms with Crippen LogP contribution in [0.3, 0.4) is 0 Å².